The standard InChI is InChI=1S/C15H21N7O3/c1-2-25-12-7-11(23)15(12)3-5-21(6-4-15)14(24)10-8-16-18-13(10)22-9-17-19-20-22/h8-9,11-12,23H,2-7H2,1H3,(H,16,18)/t11-,12+/m1/s1. The Morgan fingerprint density at radius 3 is 2.92 bits per heavy atom. The number of H-pyrrole nitrogens is 1. The van der Waals surface area contributed by atoms with Gasteiger partial charge in [-0.1, -0.05) is 0 Å². The highest BCUT2D eigenvalue weighted by atomic mass is 16.5. The molecule has 2 aromatic rings. The van der Waals surface area contributed by atoms with Crippen LogP contribution in [0.1, 0.15) is 36.5 Å². The molecular formula is C15H21N7O3. The van der Waals surface area contributed by atoms with Gasteiger partial charge in [0.15, 0.2) is 5.82 Å². The van der Waals surface area contributed by atoms with Crippen molar-refractivity contribution in [3.8, 4) is 5.82 Å². The van der Waals surface area contributed by atoms with Crippen LogP contribution >= 0.6 is 0 Å². The van der Waals surface area contributed by atoms with Gasteiger partial charge in [0.05, 0.1) is 18.4 Å². The fraction of sp³-hybridized carbons (Fsp3) is 0.667. The van der Waals surface area contributed by atoms with Crippen LogP contribution in [0.5, 0.6) is 0 Å². The summed E-state index contributed by atoms with van der Waals surface area (Å²) in [6, 6.07) is 0. The van der Waals surface area contributed by atoms with Crippen LogP contribution in [0.25, 0.3) is 5.82 Å². The second-order valence-corrected chi connectivity index (χ2v) is 6.61. The lowest BCUT2D eigenvalue weighted by Gasteiger charge is -2.56. The summed E-state index contributed by atoms with van der Waals surface area (Å²) < 4.78 is 7.16. The van der Waals surface area contributed by atoms with Crippen LogP contribution < -0.4 is 0 Å². The number of aliphatic hydroxyl groups excluding tert-OH is 1. The summed E-state index contributed by atoms with van der Waals surface area (Å²) in [6.07, 6.45) is 4.82. The van der Waals surface area contributed by atoms with Crippen LogP contribution in [-0.4, -0.2) is 78.2 Å². The molecule has 2 N–H and O–H groups in total. The zero-order valence-corrected chi connectivity index (χ0v) is 14.0. The number of tetrazole rings is 1. The normalized spacial score (nSPS) is 25.1. The third kappa shape index (κ3) is 2.52. The van der Waals surface area contributed by atoms with Crippen molar-refractivity contribution in [1.82, 2.24) is 35.3 Å². The van der Waals surface area contributed by atoms with Crippen molar-refractivity contribution >= 4 is 5.91 Å². The Balaban J connectivity index is 1.47. The third-order valence-corrected chi connectivity index (χ3v) is 5.52. The predicted octanol–water partition coefficient (Wildman–Crippen LogP) is -0.222. The minimum absolute atomic E-state index is 0.0930. The molecule has 1 aliphatic heterocycles. The number of aromatic nitrogens is 6. The number of carbonyl (C=O) groups is 1. The van der Waals surface area contributed by atoms with Crippen LogP contribution in [0.3, 0.4) is 0 Å². The first-order valence-electron chi connectivity index (χ1n) is 8.51. The van der Waals surface area contributed by atoms with E-state index in [1.165, 1.54) is 17.2 Å². The molecule has 1 saturated heterocycles. The Labute approximate surface area is 144 Å². The quantitative estimate of drug-likeness (QED) is 0.784. The van der Waals surface area contributed by atoms with Crippen LogP contribution in [0, 0.1) is 5.41 Å². The average Bonchev–Trinajstić information content (AvgIpc) is 3.32. The number of piperidine rings is 1. The second kappa shape index (κ2) is 6.19. The molecule has 0 bridgehead atoms. The van der Waals surface area contributed by atoms with E-state index in [0.29, 0.717) is 37.5 Å². The largest absolute Gasteiger partial charge is 0.392 e. The highest BCUT2D eigenvalue weighted by Gasteiger charge is 2.56. The first-order chi connectivity index (χ1) is 12.2. The highest BCUT2D eigenvalue weighted by Crippen LogP contribution is 2.51. The van der Waals surface area contributed by atoms with E-state index in [9.17, 15) is 9.90 Å². The Morgan fingerprint density at radius 1 is 1.48 bits per heavy atom. The predicted molar refractivity (Wildman–Crippen MR) is 84.9 cm³/mol. The van der Waals surface area contributed by atoms with Gasteiger partial charge in [0.2, 0.25) is 0 Å². The molecule has 10 heteroatoms. The van der Waals surface area contributed by atoms with E-state index in [0.717, 1.165) is 12.8 Å². The van der Waals surface area contributed by atoms with E-state index in [4.69, 9.17) is 4.74 Å². The Hall–Kier alpha value is -2.33. The maximum absolute atomic E-state index is 12.9. The van der Waals surface area contributed by atoms with Gasteiger partial charge < -0.3 is 14.7 Å². The van der Waals surface area contributed by atoms with E-state index in [1.54, 1.807) is 4.90 Å². The average molecular weight is 347 g/mol. The van der Waals surface area contributed by atoms with Crippen molar-refractivity contribution in [1.29, 1.82) is 0 Å². The van der Waals surface area contributed by atoms with Crippen molar-refractivity contribution < 1.29 is 14.6 Å². The fourth-order valence-corrected chi connectivity index (χ4v) is 3.99. The first-order valence-corrected chi connectivity index (χ1v) is 8.51. The number of ether oxygens (including phenoxy) is 1. The van der Waals surface area contributed by atoms with Crippen molar-refractivity contribution in [3.63, 3.8) is 0 Å². The number of amides is 1. The van der Waals surface area contributed by atoms with Crippen molar-refractivity contribution in [3.05, 3.63) is 18.1 Å². The summed E-state index contributed by atoms with van der Waals surface area (Å²) in [6.45, 7) is 3.78. The molecule has 134 valence electrons. The molecule has 4 rings (SSSR count). The van der Waals surface area contributed by atoms with Gasteiger partial charge in [-0.15, -0.1) is 5.10 Å². The van der Waals surface area contributed by atoms with E-state index in [1.807, 2.05) is 6.92 Å². The van der Waals surface area contributed by atoms with E-state index in [2.05, 4.69) is 25.7 Å². The minimum Gasteiger partial charge on any atom is -0.392 e. The number of hydrogen-bond acceptors (Lipinski definition) is 7. The molecule has 1 saturated carbocycles. The molecule has 25 heavy (non-hydrogen) atoms. The number of nitrogens with one attached hydrogen (secondary N) is 1. The number of likely N-dealkylation sites (tertiary alicyclic amines) is 1. The summed E-state index contributed by atoms with van der Waals surface area (Å²) in [4.78, 5) is 14.7. The summed E-state index contributed by atoms with van der Waals surface area (Å²) >= 11 is 0. The highest BCUT2D eigenvalue weighted by molar-refractivity contribution is 5.97. The lowest BCUT2D eigenvalue weighted by molar-refractivity contribution is -0.207. The molecule has 0 radical (unpaired) electrons. The molecule has 1 amide bonds. The number of aromatic amines is 1. The zero-order valence-electron chi connectivity index (χ0n) is 14.0. The molecule has 1 spiro atoms. The van der Waals surface area contributed by atoms with Gasteiger partial charge in [-0.25, -0.2) is 0 Å². The van der Waals surface area contributed by atoms with E-state index >= 15 is 0 Å². The van der Waals surface area contributed by atoms with E-state index in [-0.39, 0.29) is 23.5 Å². The summed E-state index contributed by atoms with van der Waals surface area (Å²) in [7, 11) is 0. The second-order valence-electron chi connectivity index (χ2n) is 6.61. The molecule has 10 nitrogen and oxygen atoms in total. The molecule has 2 aliphatic rings. The van der Waals surface area contributed by atoms with Crippen molar-refractivity contribution in [2.75, 3.05) is 19.7 Å². The number of nitrogens with zero attached hydrogens (tertiary/aromatic N) is 6. The monoisotopic (exact) mass is 347 g/mol. The molecule has 0 aromatic carbocycles. The SMILES string of the molecule is CCO[C@H]1C[C@@H](O)C12CCN(C(=O)c1cn[nH]c1-n1cnnn1)CC2. The van der Waals surface area contributed by atoms with Gasteiger partial charge in [0.1, 0.15) is 11.9 Å². The number of hydrogen-bond donors (Lipinski definition) is 2. The summed E-state index contributed by atoms with van der Waals surface area (Å²) in [5.74, 6) is 0.335. The third-order valence-electron chi connectivity index (χ3n) is 5.52. The maximum atomic E-state index is 12.9. The van der Waals surface area contributed by atoms with Crippen molar-refractivity contribution in [2.45, 2.75) is 38.4 Å². The lowest BCUT2D eigenvalue weighted by atomic mass is 9.58. The van der Waals surface area contributed by atoms with Gasteiger partial charge in [-0.2, -0.15) is 9.78 Å². The lowest BCUT2D eigenvalue weighted by Crippen LogP contribution is -2.62. The fourth-order valence-electron chi connectivity index (χ4n) is 3.99. The Morgan fingerprint density at radius 2 is 2.28 bits per heavy atom. The molecule has 2 aromatic heterocycles. The summed E-state index contributed by atoms with van der Waals surface area (Å²) in [5, 5.41) is 27.9. The number of aliphatic hydroxyl groups is 1. The number of carbonyl (C=O) groups excluding carboxylic acids is 1. The molecule has 3 heterocycles. The molecule has 1 aliphatic carbocycles. The number of rotatable bonds is 4. The van der Waals surface area contributed by atoms with Gasteiger partial charge >= 0.3 is 0 Å². The topological polar surface area (TPSA) is 122 Å². The molecule has 2 fully saturated rings. The van der Waals surface area contributed by atoms with Gasteiger partial charge in [0, 0.05) is 31.5 Å². The smallest absolute Gasteiger partial charge is 0.259 e. The first kappa shape index (κ1) is 16.2. The Bertz CT molecular complexity index is 734. The molecular weight excluding hydrogens is 326 g/mol. The van der Waals surface area contributed by atoms with E-state index < -0.39 is 0 Å². The maximum Gasteiger partial charge on any atom is 0.259 e. The van der Waals surface area contributed by atoms with Crippen LogP contribution in [0.15, 0.2) is 12.5 Å². The van der Waals surface area contributed by atoms with Crippen LogP contribution in [-0.2, 0) is 4.74 Å². The Kier molecular flexibility index (Phi) is 4.00. The molecule has 2 atom stereocenters. The van der Waals surface area contributed by atoms with Crippen LogP contribution in [0.4, 0.5) is 0 Å². The van der Waals surface area contributed by atoms with Crippen molar-refractivity contribution in [2.24, 2.45) is 5.41 Å². The van der Waals surface area contributed by atoms with Crippen LogP contribution in [0.2, 0.25) is 0 Å². The van der Waals surface area contributed by atoms with Gasteiger partial charge in [-0.3, -0.25) is 9.89 Å². The zero-order chi connectivity index (χ0) is 17.4. The van der Waals surface area contributed by atoms with Gasteiger partial charge in [0.25, 0.3) is 5.91 Å². The minimum atomic E-state index is -0.341. The molecule has 0 unspecified atom stereocenters. The summed E-state index contributed by atoms with van der Waals surface area (Å²) in [5.41, 5.74) is 0.223. The van der Waals surface area contributed by atoms with Gasteiger partial charge in [-0.05, 0) is 30.2 Å².